The van der Waals surface area contributed by atoms with Crippen molar-refractivity contribution in [3.05, 3.63) is 63.3 Å². The summed E-state index contributed by atoms with van der Waals surface area (Å²) in [4.78, 5) is 11.4. The zero-order chi connectivity index (χ0) is 14.7. The van der Waals surface area contributed by atoms with Crippen LogP contribution in [0.25, 0.3) is 0 Å². The second kappa shape index (κ2) is 6.24. The van der Waals surface area contributed by atoms with E-state index in [1.165, 1.54) is 18.2 Å². The monoisotopic (exact) mass is 357 g/mol. The summed E-state index contributed by atoms with van der Waals surface area (Å²) in [6, 6.07) is 9.87. The molecule has 0 fully saturated rings. The van der Waals surface area contributed by atoms with E-state index in [2.05, 4.69) is 21.2 Å². The zero-order valence-electron chi connectivity index (χ0n) is 10.1. The van der Waals surface area contributed by atoms with Crippen molar-refractivity contribution < 1.29 is 14.3 Å². The molecular formula is C14H10BrClFNO2. The van der Waals surface area contributed by atoms with Crippen LogP contribution in [0.15, 0.2) is 46.9 Å². The van der Waals surface area contributed by atoms with Gasteiger partial charge in [-0.25, -0.2) is 9.18 Å². The van der Waals surface area contributed by atoms with Gasteiger partial charge in [0.05, 0.1) is 15.2 Å². The Balaban J connectivity index is 2.34. The molecule has 0 saturated heterocycles. The fourth-order valence-corrected chi connectivity index (χ4v) is 2.15. The fraction of sp³-hybridized carbons (Fsp3) is 0.0714. The van der Waals surface area contributed by atoms with Crippen LogP contribution in [0, 0.1) is 5.82 Å². The SMILES string of the molecule is O=C(O)C(Nc1ccccc1Cl)c1ccc(Br)c(F)c1. The molecule has 0 saturated carbocycles. The molecular weight excluding hydrogens is 349 g/mol. The van der Waals surface area contributed by atoms with Crippen LogP contribution in [0.4, 0.5) is 10.1 Å². The molecule has 3 nitrogen and oxygen atoms in total. The van der Waals surface area contributed by atoms with Gasteiger partial charge in [-0.3, -0.25) is 0 Å². The third kappa shape index (κ3) is 3.29. The van der Waals surface area contributed by atoms with Gasteiger partial charge in [0.25, 0.3) is 0 Å². The predicted octanol–water partition coefficient (Wildman–Crippen LogP) is 4.48. The number of rotatable bonds is 4. The fourth-order valence-electron chi connectivity index (χ4n) is 1.71. The topological polar surface area (TPSA) is 49.3 Å². The number of halogens is 3. The average molecular weight is 359 g/mol. The lowest BCUT2D eigenvalue weighted by Crippen LogP contribution is -2.20. The molecule has 2 aromatic rings. The normalized spacial score (nSPS) is 11.9. The summed E-state index contributed by atoms with van der Waals surface area (Å²) in [6.45, 7) is 0. The molecule has 1 atom stereocenters. The highest BCUT2D eigenvalue weighted by molar-refractivity contribution is 9.10. The number of para-hydroxylation sites is 1. The number of anilines is 1. The molecule has 0 aliphatic heterocycles. The first-order chi connectivity index (χ1) is 9.49. The van der Waals surface area contributed by atoms with Gasteiger partial charge in [0.2, 0.25) is 0 Å². The molecule has 2 rings (SSSR count). The van der Waals surface area contributed by atoms with Gasteiger partial charge in [-0.05, 0) is 45.8 Å². The Morgan fingerprint density at radius 3 is 2.60 bits per heavy atom. The van der Waals surface area contributed by atoms with Crippen LogP contribution in [-0.4, -0.2) is 11.1 Å². The molecule has 0 aliphatic rings. The Morgan fingerprint density at radius 1 is 1.30 bits per heavy atom. The van der Waals surface area contributed by atoms with Crippen molar-refractivity contribution in [3.8, 4) is 0 Å². The van der Waals surface area contributed by atoms with E-state index in [1.54, 1.807) is 24.3 Å². The summed E-state index contributed by atoms with van der Waals surface area (Å²) in [6.07, 6.45) is 0. The number of hydrogen-bond acceptors (Lipinski definition) is 2. The maximum atomic E-state index is 13.5. The summed E-state index contributed by atoms with van der Waals surface area (Å²) in [5.74, 6) is -1.64. The van der Waals surface area contributed by atoms with Gasteiger partial charge in [-0.1, -0.05) is 29.8 Å². The molecule has 1 unspecified atom stereocenters. The van der Waals surface area contributed by atoms with Gasteiger partial charge in [-0.2, -0.15) is 0 Å². The Hall–Kier alpha value is -1.59. The van der Waals surface area contributed by atoms with Crippen LogP contribution in [0.1, 0.15) is 11.6 Å². The largest absolute Gasteiger partial charge is 0.479 e. The summed E-state index contributed by atoms with van der Waals surface area (Å²) < 4.78 is 13.8. The lowest BCUT2D eigenvalue weighted by molar-refractivity contribution is -0.138. The molecule has 6 heteroatoms. The Kier molecular flexibility index (Phi) is 4.62. The summed E-state index contributed by atoms with van der Waals surface area (Å²) >= 11 is 9.01. The first kappa shape index (κ1) is 14.8. The van der Waals surface area contributed by atoms with Gasteiger partial charge in [-0.15, -0.1) is 0 Å². The second-order valence-electron chi connectivity index (χ2n) is 4.07. The minimum absolute atomic E-state index is 0.281. The van der Waals surface area contributed by atoms with E-state index in [4.69, 9.17) is 11.6 Å². The summed E-state index contributed by atoms with van der Waals surface area (Å²) in [5.41, 5.74) is 0.781. The van der Waals surface area contributed by atoms with Crippen molar-refractivity contribution in [1.82, 2.24) is 0 Å². The molecule has 0 amide bonds. The molecule has 104 valence electrons. The molecule has 0 spiro atoms. The minimum atomic E-state index is -1.12. The van der Waals surface area contributed by atoms with Crippen LogP contribution in [-0.2, 0) is 4.79 Å². The van der Waals surface area contributed by atoms with E-state index in [1.807, 2.05) is 0 Å². The van der Waals surface area contributed by atoms with Crippen molar-refractivity contribution in [3.63, 3.8) is 0 Å². The number of benzene rings is 2. The summed E-state index contributed by atoms with van der Waals surface area (Å²) in [7, 11) is 0. The Bertz CT molecular complexity index is 651. The number of aliphatic carboxylic acids is 1. The van der Waals surface area contributed by atoms with Crippen molar-refractivity contribution in [1.29, 1.82) is 0 Å². The standard InChI is InChI=1S/C14H10BrClFNO2/c15-9-6-5-8(7-11(9)17)13(14(19)20)18-12-4-2-1-3-10(12)16/h1-7,13,18H,(H,19,20). The van der Waals surface area contributed by atoms with Gasteiger partial charge in [0, 0.05) is 0 Å². The van der Waals surface area contributed by atoms with Gasteiger partial charge < -0.3 is 10.4 Å². The lowest BCUT2D eigenvalue weighted by atomic mass is 10.1. The smallest absolute Gasteiger partial charge is 0.330 e. The number of nitrogens with one attached hydrogen (secondary N) is 1. The predicted molar refractivity (Wildman–Crippen MR) is 79.6 cm³/mol. The molecule has 0 radical (unpaired) electrons. The number of carboxylic acids is 1. The third-order valence-electron chi connectivity index (χ3n) is 2.70. The van der Waals surface area contributed by atoms with Crippen molar-refractivity contribution in [2.45, 2.75) is 6.04 Å². The number of carbonyl (C=O) groups is 1. The molecule has 0 bridgehead atoms. The van der Waals surface area contributed by atoms with E-state index in [0.29, 0.717) is 16.3 Å². The number of hydrogen-bond donors (Lipinski definition) is 2. The van der Waals surface area contributed by atoms with E-state index in [9.17, 15) is 14.3 Å². The molecule has 20 heavy (non-hydrogen) atoms. The van der Waals surface area contributed by atoms with E-state index < -0.39 is 17.8 Å². The molecule has 0 aromatic heterocycles. The Labute approximate surface area is 128 Å². The second-order valence-corrected chi connectivity index (χ2v) is 5.33. The molecule has 2 aromatic carbocycles. The quantitative estimate of drug-likeness (QED) is 0.847. The first-order valence-corrected chi connectivity index (χ1v) is 6.85. The van der Waals surface area contributed by atoms with Crippen LogP contribution < -0.4 is 5.32 Å². The van der Waals surface area contributed by atoms with E-state index >= 15 is 0 Å². The number of carboxylic acid groups (broad SMARTS) is 1. The van der Waals surface area contributed by atoms with Crippen LogP contribution >= 0.6 is 27.5 Å². The maximum absolute atomic E-state index is 13.5. The van der Waals surface area contributed by atoms with E-state index in [0.717, 1.165) is 0 Å². The van der Waals surface area contributed by atoms with Crippen molar-refractivity contribution in [2.24, 2.45) is 0 Å². The average Bonchev–Trinajstić information content (AvgIpc) is 2.41. The highest BCUT2D eigenvalue weighted by atomic mass is 79.9. The van der Waals surface area contributed by atoms with Crippen LogP contribution in [0.5, 0.6) is 0 Å². The summed E-state index contributed by atoms with van der Waals surface area (Å²) in [5, 5.41) is 12.5. The van der Waals surface area contributed by atoms with Crippen molar-refractivity contribution in [2.75, 3.05) is 5.32 Å². The highest BCUT2D eigenvalue weighted by Crippen LogP contribution is 2.27. The molecule has 0 aliphatic carbocycles. The van der Waals surface area contributed by atoms with Crippen LogP contribution in [0.3, 0.4) is 0 Å². The maximum Gasteiger partial charge on any atom is 0.330 e. The zero-order valence-corrected chi connectivity index (χ0v) is 12.5. The first-order valence-electron chi connectivity index (χ1n) is 5.68. The lowest BCUT2D eigenvalue weighted by Gasteiger charge is -2.17. The molecule has 2 N–H and O–H groups in total. The van der Waals surface area contributed by atoms with Gasteiger partial charge in [0.1, 0.15) is 5.82 Å². The molecule has 0 heterocycles. The Morgan fingerprint density at radius 2 is 2.00 bits per heavy atom. The van der Waals surface area contributed by atoms with Gasteiger partial charge >= 0.3 is 5.97 Å². The third-order valence-corrected chi connectivity index (χ3v) is 3.67. The van der Waals surface area contributed by atoms with Gasteiger partial charge in [0.15, 0.2) is 6.04 Å². The van der Waals surface area contributed by atoms with Crippen LogP contribution in [0.2, 0.25) is 5.02 Å². The van der Waals surface area contributed by atoms with Crippen molar-refractivity contribution >= 4 is 39.2 Å². The van der Waals surface area contributed by atoms with E-state index in [-0.39, 0.29) is 4.47 Å². The minimum Gasteiger partial charge on any atom is -0.479 e. The highest BCUT2D eigenvalue weighted by Gasteiger charge is 2.21.